The monoisotopic (exact) mass is 548 g/mol. The van der Waals surface area contributed by atoms with Gasteiger partial charge in [-0.05, 0) is 73.7 Å². The van der Waals surface area contributed by atoms with Gasteiger partial charge in [-0.2, -0.15) is 13.2 Å². The molecule has 208 valence electrons. The Balaban J connectivity index is 1.59. The Labute approximate surface area is 231 Å². The number of benzene rings is 1. The van der Waals surface area contributed by atoms with Crippen molar-refractivity contribution in [2.75, 3.05) is 24.6 Å². The Bertz CT molecular complexity index is 1480. The third kappa shape index (κ3) is 5.59. The second-order valence-corrected chi connectivity index (χ2v) is 9.82. The molecule has 40 heavy (non-hydrogen) atoms. The first-order chi connectivity index (χ1) is 19.3. The number of aromatic amines is 1. The van der Waals surface area contributed by atoms with E-state index in [0.29, 0.717) is 33.6 Å². The third-order valence-corrected chi connectivity index (χ3v) is 7.39. The molecule has 1 aliphatic heterocycles. The zero-order valence-corrected chi connectivity index (χ0v) is 22.5. The van der Waals surface area contributed by atoms with Crippen LogP contribution in [0.1, 0.15) is 59.9 Å². The van der Waals surface area contributed by atoms with E-state index in [4.69, 9.17) is 4.74 Å². The predicted molar refractivity (Wildman–Crippen MR) is 148 cm³/mol. The zero-order chi connectivity index (χ0) is 28.3. The van der Waals surface area contributed by atoms with E-state index in [0.717, 1.165) is 55.9 Å². The number of alkyl halides is 3. The van der Waals surface area contributed by atoms with E-state index in [-0.39, 0.29) is 12.5 Å². The Morgan fingerprint density at radius 2 is 1.77 bits per heavy atom. The van der Waals surface area contributed by atoms with Crippen LogP contribution in [0.3, 0.4) is 0 Å². The van der Waals surface area contributed by atoms with Crippen molar-refractivity contribution in [1.82, 2.24) is 15.0 Å². The third-order valence-electron chi connectivity index (χ3n) is 7.39. The fraction of sp³-hybridized carbons (Fsp3) is 0.323. The van der Waals surface area contributed by atoms with Crippen molar-refractivity contribution in [3.05, 3.63) is 89.6 Å². The van der Waals surface area contributed by atoms with Crippen LogP contribution in [0.2, 0.25) is 0 Å². The molecule has 0 unspecified atom stereocenters. The summed E-state index contributed by atoms with van der Waals surface area (Å²) in [7, 11) is 0. The number of halogens is 3. The predicted octanol–water partition coefficient (Wildman–Crippen LogP) is 7.28. The van der Waals surface area contributed by atoms with E-state index in [1.54, 1.807) is 37.5 Å². The SMILES string of the molecule is CCOC(=O)c1c(C2CCN(c3ccnc(CC)c3)CC2)[nH]c(-c2cccc(C(F)(F)F)c2)c1-c1ccncc1. The van der Waals surface area contributed by atoms with Gasteiger partial charge >= 0.3 is 12.1 Å². The summed E-state index contributed by atoms with van der Waals surface area (Å²) < 4.78 is 46.4. The van der Waals surface area contributed by atoms with Crippen LogP contribution in [-0.2, 0) is 17.3 Å². The summed E-state index contributed by atoms with van der Waals surface area (Å²) in [5.41, 5.74) is 4.47. The highest BCUT2D eigenvalue weighted by atomic mass is 19.4. The second-order valence-electron chi connectivity index (χ2n) is 9.82. The first-order valence-corrected chi connectivity index (χ1v) is 13.5. The minimum Gasteiger partial charge on any atom is -0.462 e. The van der Waals surface area contributed by atoms with Gasteiger partial charge in [-0.3, -0.25) is 9.97 Å². The number of pyridine rings is 2. The molecule has 0 radical (unpaired) electrons. The quantitative estimate of drug-likeness (QED) is 0.246. The number of H-pyrrole nitrogens is 1. The van der Waals surface area contributed by atoms with E-state index in [9.17, 15) is 18.0 Å². The number of esters is 1. The van der Waals surface area contributed by atoms with Gasteiger partial charge < -0.3 is 14.6 Å². The van der Waals surface area contributed by atoms with Crippen molar-refractivity contribution < 1.29 is 22.7 Å². The van der Waals surface area contributed by atoms with E-state index < -0.39 is 17.7 Å². The summed E-state index contributed by atoms with van der Waals surface area (Å²) in [6.07, 6.45) is 2.90. The van der Waals surface area contributed by atoms with E-state index in [1.807, 2.05) is 12.3 Å². The molecule has 3 aromatic heterocycles. The molecule has 1 aromatic carbocycles. The number of hydrogen-bond acceptors (Lipinski definition) is 5. The largest absolute Gasteiger partial charge is 0.462 e. The van der Waals surface area contributed by atoms with Gasteiger partial charge in [0.25, 0.3) is 0 Å². The number of ether oxygens (including phenoxy) is 1. The van der Waals surface area contributed by atoms with Gasteiger partial charge in [-0.15, -0.1) is 0 Å². The van der Waals surface area contributed by atoms with Crippen LogP contribution in [0, 0.1) is 0 Å². The molecule has 0 saturated carbocycles. The highest BCUT2D eigenvalue weighted by Crippen LogP contribution is 2.43. The number of rotatable bonds is 7. The summed E-state index contributed by atoms with van der Waals surface area (Å²) in [5, 5.41) is 0. The molecule has 0 amide bonds. The molecule has 1 N–H and O–H groups in total. The first-order valence-electron chi connectivity index (χ1n) is 13.5. The van der Waals surface area contributed by atoms with Crippen LogP contribution in [0.25, 0.3) is 22.4 Å². The maximum Gasteiger partial charge on any atom is 0.416 e. The molecule has 9 heteroatoms. The lowest BCUT2D eigenvalue weighted by Crippen LogP contribution is -2.33. The van der Waals surface area contributed by atoms with Crippen LogP contribution in [0.4, 0.5) is 18.9 Å². The summed E-state index contributed by atoms with van der Waals surface area (Å²) >= 11 is 0. The minimum absolute atomic E-state index is 0.0109. The van der Waals surface area contributed by atoms with Crippen LogP contribution in [0.5, 0.6) is 0 Å². The highest BCUT2D eigenvalue weighted by molar-refractivity contribution is 6.03. The summed E-state index contributed by atoms with van der Waals surface area (Å²) in [5.74, 6) is -0.508. The number of carbonyl (C=O) groups excluding carboxylic acids is 1. The van der Waals surface area contributed by atoms with Crippen molar-refractivity contribution in [2.24, 2.45) is 0 Å². The van der Waals surface area contributed by atoms with Crippen molar-refractivity contribution >= 4 is 11.7 Å². The number of carbonyl (C=O) groups is 1. The van der Waals surface area contributed by atoms with Crippen LogP contribution < -0.4 is 4.90 Å². The first kappa shape index (κ1) is 27.4. The highest BCUT2D eigenvalue weighted by Gasteiger charge is 2.34. The average Bonchev–Trinajstić information content (AvgIpc) is 3.38. The molecular formula is C31H31F3N4O2. The number of aromatic nitrogens is 3. The van der Waals surface area contributed by atoms with Crippen molar-refractivity contribution in [1.29, 1.82) is 0 Å². The second kappa shape index (κ2) is 11.5. The Morgan fingerprint density at radius 1 is 1.02 bits per heavy atom. The van der Waals surface area contributed by atoms with Crippen molar-refractivity contribution in [3.8, 4) is 22.4 Å². The molecule has 1 fully saturated rings. The number of piperidine rings is 1. The lowest BCUT2D eigenvalue weighted by molar-refractivity contribution is -0.137. The van der Waals surface area contributed by atoms with Crippen molar-refractivity contribution in [3.63, 3.8) is 0 Å². The van der Waals surface area contributed by atoms with Gasteiger partial charge in [0, 0.05) is 60.2 Å². The maximum atomic E-state index is 13.6. The molecule has 0 atom stereocenters. The van der Waals surface area contributed by atoms with Crippen LogP contribution >= 0.6 is 0 Å². The van der Waals surface area contributed by atoms with Gasteiger partial charge in [-0.25, -0.2) is 4.79 Å². The number of nitrogens with zero attached hydrogens (tertiary/aromatic N) is 3. The van der Waals surface area contributed by atoms with Crippen LogP contribution in [0.15, 0.2) is 67.1 Å². The topological polar surface area (TPSA) is 71.1 Å². The number of aryl methyl sites for hydroxylation is 1. The maximum absolute atomic E-state index is 13.6. The lowest BCUT2D eigenvalue weighted by atomic mass is 9.88. The molecule has 1 aliphatic rings. The molecule has 1 saturated heterocycles. The Morgan fingerprint density at radius 3 is 2.45 bits per heavy atom. The fourth-order valence-electron chi connectivity index (χ4n) is 5.40. The van der Waals surface area contributed by atoms with Gasteiger partial charge in [0.15, 0.2) is 0 Å². The minimum atomic E-state index is -4.50. The van der Waals surface area contributed by atoms with Crippen molar-refractivity contribution in [2.45, 2.75) is 45.2 Å². The molecule has 0 bridgehead atoms. The lowest BCUT2D eigenvalue weighted by Gasteiger charge is -2.33. The number of hydrogen-bond donors (Lipinski definition) is 1. The van der Waals surface area contributed by atoms with E-state index in [1.165, 1.54) is 6.07 Å². The van der Waals surface area contributed by atoms with E-state index >= 15 is 0 Å². The Hall–Kier alpha value is -4.14. The fourth-order valence-corrected chi connectivity index (χ4v) is 5.40. The van der Waals surface area contributed by atoms with Gasteiger partial charge in [0.2, 0.25) is 0 Å². The molecule has 0 aliphatic carbocycles. The summed E-state index contributed by atoms with van der Waals surface area (Å²) in [6, 6.07) is 12.8. The smallest absolute Gasteiger partial charge is 0.416 e. The van der Waals surface area contributed by atoms with E-state index in [2.05, 4.69) is 32.8 Å². The number of nitrogens with one attached hydrogen (secondary N) is 1. The molecule has 0 spiro atoms. The molecule has 5 rings (SSSR count). The number of anilines is 1. The van der Waals surface area contributed by atoms with Gasteiger partial charge in [0.05, 0.1) is 23.4 Å². The molecular weight excluding hydrogens is 517 g/mol. The Kier molecular flexibility index (Phi) is 7.91. The summed E-state index contributed by atoms with van der Waals surface area (Å²) in [6.45, 7) is 5.52. The molecule has 6 nitrogen and oxygen atoms in total. The van der Waals surface area contributed by atoms with Gasteiger partial charge in [-0.1, -0.05) is 19.1 Å². The molecule has 4 heterocycles. The molecule has 4 aromatic rings. The summed E-state index contributed by atoms with van der Waals surface area (Å²) in [4.78, 5) is 27.7. The van der Waals surface area contributed by atoms with Crippen LogP contribution in [-0.4, -0.2) is 40.6 Å². The standard InChI is InChI=1S/C31H31F3N4O2/c1-3-24-19-25(10-15-36-24)38-16-11-21(12-17-38)28-27(30(39)40-4-2)26(20-8-13-35-14-9-20)29(37-28)22-6-5-7-23(18-22)31(32,33)34/h5-10,13-15,18-19,21,37H,3-4,11-12,16-17H2,1-2H3. The average molecular weight is 549 g/mol. The van der Waals surface area contributed by atoms with Gasteiger partial charge in [0.1, 0.15) is 0 Å². The normalized spacial score (nSPS) is 14.4. The zero-order valence-electron chi connectivity index (χ0n) is 22.5.